The van der Waals surface area contributed by atoms with E-state index in [9.17, 15) is 9.90 Å². The maximum Gasteiger partial charge on any atom is 0.307 e. The Morgan fingerprint density at radius 3 is 2.50 bits per heavy atom. The van der Waals surface area contributed by atoms with Crippen molar-refractivity contribution in [3.8, 4) is 0 Å². The van der Waals surface area contributed by atoms with Gasteiger partial charge in [0.25, 0.3) is 0 Å². The van der Waals surface area contributed by atoms with Crippen molar-refractivity contribution in [3.05, 3.63) is 64.7 Å². The third-order valence-corrected chi connectivity index (χ3v) is 4.97. The first-order valence-corrected chi connectivity index (χ1v) is 8.73. The van der Waals surface area contributed by atoms with Crippen LogP contribution in [0.2, 0.25) is 0 Å². The van der Waals surface area contributed by atoms with E-state index < -0.39 is 5.97 Å². The zero-order valence-electron chi connectivity index (χ0n) is 13.7. The molecule has 1 aromatic heterocycles. The number of fused-ring (bicyclic) bond motifs is 1. The molecule has 3 nitrogen and oxygen atoms in total. The highest BCUT2D eigenvalue weighted by atomic mass is 32.1. The first kappa shape index (κ1) is 16.4. The lowest BCUT2D eigenvalue weighted by atomic mass is 10.0. The molecule has 0 saturated heterocycles. The monoisotopic (exact) mass is 337 g/mol. The number of nitrogens with zero attached hydrogens (tertiary/aromatic N) is 1. The van der Waals surface area contributed by atoms with E-state index >= 15 is 0 Å². The van der Waals surface area contributed by atoms with Crippen LogP contribution in [0.25, 0.3) is 21.9 Å². The standard InChI is InChI=1S/C20H19NO2S/c1-13(2)15-9-7-14(8-10-15)11-16(12-19(22)23)20-21-17-5-3-4-6-18(17)24-20/h3-11,13H,12H2,1-2H3,(H,22,23)/b16-11-. The molecule has 0 saturated carbocycles. The highest BCUT2D eigenvalue weighted by Gasteiger charge is 2.12. The smallest absolute Gasteiger partial charge is 0.307 e. The van der Waals surface area contributed by atoms with Crippen LogP contribution in [-0.4, -0.2) is 16.1 Å². The van der Waals surface area contributed by atoms with Crippen LogP contribution >= 0.6 is 11.3 Å². The number of thiazole rings is 1. The van der Waals surface area contributed by atoms with Crippen LogP contribution in [0.5, 0.6) is 0 Å². The maximum absolute atomic E-state index is 11.3. The van der Waals surface area contributed by atoms with Gasteiger partial charge in [-0.05, 0) is 40.8 Å². The number of para-hydroxylation sites is 1. The minimum atomic E-state index is -0.848. The summed E-state index contributed by atoms with van der Waals surface area (Å²) in [4.78, 5) is 15.9. The molecule has 0 unspecified atom stereocenters. The van der Waals surface area contributed by atoms with E-state index in [0.717, 1.165) is 26.4 Å². The number of hydrogen-bond acceptors (Lipinski definition) is 3. The van der Waals surface area contributed by atoms with Gasteiger partial charge in [0.05, 0.1) is 16.6 Å². The molecule has 0 amide bonds. The molecule has 0 fully saturated rings. The van der Waals surface area contributed by atoms with E-state index in [4.69, 9.17) is 0 Å². The normalized spacial score (nSPS) is 12.0. The first-order valence-electron chi connectivity index (χ1n) is 7.91. The summed E-state index contributed by atoms with van der Waals surface area (Å²) in [5, 5.41) is 10.0. The number of aromatic nitrogens is 1. The third kappa shape index (κ3) is 3.71. The van der Waals surface area contributed by atoms with Crippen LogP contribution in [0.1, 0.15) is 42.3 Å². The number of rotatable bonds is 5. The Balaban J connectivity index is 2.00. The van der Waals surface area contributed by atoms with E-state index in [2.05, 4.69) is 31.0 Å². The second-order valence-corrected chi connectivity index (χ2v) is 7.08. The van der Waals surface area contributed by atoms with E-state index in [1.165, 1.54) is 16.9 Å². The molecule has 1 heterocycles. The van der Waals surface area contributed by atoms with Gasteiger partial charge in [-0.15, -0.1) is 11.3 Å². The summed E-state index contributed by atoms with van der Waals surface area (Å²) < 4.78 is 1.07. The summed E-state index contributed by atoms with van der Waals surface area (Å²) in [6.45, 7) is 4.31. The van der Waals surface area contributed by atoms with Crippen molar-refractivity contribution in [3.63, 3.8) is 0 Å². The Labute approximate surface area is 145 Å². The average molecular weight is 337 g/mol. The van der Waals surface area contributed by atoms with Gasteiger partial charge in [-0.1, -0.05) is 50.2 Å². The molecule has 2 aromatic carbocycles. The van der Waals surface area contributed by atoms with Gasteiger partial charge >= 0.3 is 5.97 Å². The summed E-state index contributed by atoms with van der Waals surface area (Å²) in [5.41, 5.74) is 3.91. The van der Waals surface area contributed by atoms with Crippen molar-refractivity contribution in [2.24, 2.45) is 0 Å². The van der Waals surface area contributed by atoms with Crippen molar-refractivity contribution < 1.29 is 9.90 Å². The summed E-state index contributed by atoms with van der Waals surface area (Å²) in [6, 6.07) is 16.1. The molecule has 3 aromatic rings. The SMILES string of the molecule is CC(C)c1ccc(/C=C(/CC(=O)O)c2nc3ccccc3s2)cc1. The molecule has 0 aliphatic carbocycles. The number of carboxylic acids is 1. The largest absolute Gasteiger partial charge is 0.481 e. The Morgan fingerprint density at radius 1 is 1.17 bits per heavy atom. The molecule has 0 spiro atoms. The van der Waals surface area contributed by atoms with Gasteiger partial charge < -0.3 is 5.11 Å². The van der Waals surface area contributed by atoms with Gasteiger partial charge in [0.2, 0.25) is 0 Å². The molecule has 1 N–H and O–H groups in total. The van der Waals surface area contributed by atoms with Crippen molar-refractivity contribution in [2.45, 2.75) is 26.2 Å². The van der Waals surface area contributed by atoms with E-state index in [0.29, 0.717) is 5.92 Å². The molecule has 0 atom stereocenters. The van der Waals surface area contributed by atoms with Gasteiger partial charge in [-0.2, -0.15) is 0 Å². The zero-order chi connectivity index (χ0) is 17.1. The van der Waals surface area contributed by atoms with Crippen molar-refractivity contribution >= 4 is 39.2 Å². The third-order valence-electron chi connectivity index (χ3n) is 3.85. The van der Waals surface area contributed by atoms with Crippen LogP contribution in [-0.2, 0) is 4.79 Å². The molecule has 0 aliphatic rings. The minimum absolute atomic E-state index is 0.0360. The van der Waals surface area contributed by atoms with Crippen molar-refractivity contribution in [1.82, 2.24) is 4.98 Å². The predicted molar refractivity (Wildman–Crippen MR) is 100 cm³/mol. The van der Waals surface area contributed by atoms with Crippen LogP contribution < -0.4 is 0 Å². The molecule has 0 bridgehead atoms. The molecular formula is C20H19NO2S. The molecule has 4 heteroatoms. The van der Waals surface area contributed by atoms with Gasteiger partial charge in [0.1, 0.15) is 5.01 Å². The summed E-state index contributed by atoms with van der Waals surface area (Å²) >= 11 is 1.53. The highest BCUT2D eigenvalue weighted by molar-refractivity contribution is 7.19. The van der Waals surface area contributed by atoms with Crippen LogP contribution in [0.3, 0.4) is 0 Å². The van der Waals surface area contributed by atoms with Gasteiger partial charge in [0, 0.05) is 0 Å². The van der Waals surface area contributed by atoms with E-state index in [1.54, 1.807) is 0 Å². The van der Waals surface area contributed by atoms with E-state index in [1.807, 2.05) is 42.5 Å². The quantitative estimate of drug-likeness (QED) is 0.675. The lowest BCUT2D eigenvalue weighted by molar-refractivity contribution is -0.135. The topological polar surface area (TPSA) is 50.2 Å². The Hall–Kier alpha value is -2.46. The van der Waals surface area contributed by atoms with Crippen molar-refractivity contribution in [2.75, 3.05) is 0 Å². The molecular weight excluding hydrogens is 318 g/mol. The lowest BCUT2D eigenvalue weighted by Crippen LogP contribution is -1.97. The molecule has 0 radical (unpaired) electrons. The van der Waals surface area contributed by atoms with Gasteiger partial charge in [-0.25, -0.2) is 4.98 Å². The zero-order valence-corrected chi connectivity index (χ0v) is 14.5. The van der Waals surface area contributed by atoms with Gasteiger partial charge in [-0.3, -0.25) is 4.79 Å². The number of carbonyl (C=O) groups is 1. The fourth-order valence-corrected chi connectivity index (χ4v) is 3.52. The predicted octanol–water partition coefficient (Wildman–Crippen LogP) is 5.44. The number of carboxylic acid groups (broad SMARTS) is 1. The summed E-state index contributed by atoms with van der Waals surface area (Å²) in [6.07, 6.45) is 1.89. The second-order valence-electron chi connectivity index (χ2n) is 6.05. The summed E-state index contributed by atoms with van der Waals surface area (Å²) in [7, 11) is 0. The number of aliphatic carboxylic acids is 1. The van der Waals surface area contributed by atoms with E-state index in [-0.39, 0.29) is 6.42 Å². The molecule has 0 aliphatic heterocycles. The highest BCUT2D eigenvalue weighted by Crippen LogP contribution is 2.30. The fraction of sp³-hybridized carbons (Fsp3) is 0.200. The fourth-order valence-electron chi connectivity index (χ4n) is 2.54. The molecule has 3 rings (SSSR count). The average Bonchev–Trinajstić information content (AvgIpc) is 2.98. The van der Waals surface area contributed by atoms with Crippen LogP contribution in [0.15, 0.2) is 48.5 Å². The lowest BCUT2D eigenvalue weighted by Gasteiger charge is -2.06. The maximum atomic E-state index is 11.3. The van der Waals surface area contributed by atoms with Crippen LogP contribution in [0, 0.1) is 0 Å². The minimum Gasteiger partial charge on any atom is -0.481 e. The van der Waals surface area contributed by atoms with Crippen molar-refractivity contribution in [1.29, 1.82) is 0 Å². The Kier molecular flexibility index (Phi) is 4.76. The molecule has 122 valence electrons. The second kappa shape index (κ2) is 6.97. The number of hydrogen-bond donors (Lipinski definition) is 1. The van der Waals surface area contributed by atoms with Gasteiger partial charge in [0.15, 0.2) is 0 Å². The first-order chi connectivity index (χ1) is 11.5. The number of benzene rings is 2. The van der Waals surface area contributed by atoms with Crippen LogP contribution in [0.4, 0.5) is 0 Å². The Bertz CT molecular complexity index is 858. The molecule has 24 heavy (non-hydrogen) atoms. The Morgan fingerprint density at radius 2 is 1.88 bits per heavy atom. The summed E-state index contributed by atoms with van der Waals surface area (Å²) in [5.74, 6) is -0.370.